The number of carbonyl (C=O) groups excluding carboxylic acids is 9. The number of hydrogen-bond donors (Lipinski definition) is 16. The summed E-state index contributed by atoms with van der Waals surface area (Å²) >= 11 is 0. The number of H-pyrrole nitrogens is 2. The number of carboxylic acid groups (broad SMARTS) is 1. The molecular formula is C58H77F3N18O11S2. The molecule has 7 unspecified atom stereocenters. The van der Waals surface area contributed by atoms with E-state index in [4.69, 9.17) is 38.6 Å². The molecule has 1 aliphatic heterocycles. The van der Waals surface area contributed by atoms with Crippen LogP contribution in [0.1, 0.15) is 75.1 Å². The van der Waals surface area contributed by atoms with Crippen LogP contribution in [0.4, 0.5) is 13.2 Å². The summed E-state index contributed by atoms with van der Waals surface area (Å²) in [5.41, 5.74) is 30.5. The summed E-state index contributed by atoms with van der Waals surface area (Å²) in [5, 5.41) is 31.5. The van der Waals surface area contributed by atoms with E-state index in [9.17, 15) is 51.5 Å². The Bertz CT molecular complexity index is 3400. The van der Waals surface area contributed by atoms with Crippen molar-refractivity contribution in [2.45, 2.75) is 126 Å². The number of fused-ring (bicyclic) bond motifs is 2. The number of aromatic amines is 2. The fourth-order valence-corrected chi connectivity index (χ4v) is 11.4. The predicted molar refractivity (Wildman–Crippen MR) is 340 cm³/mol. The van der Waals surface area contributed by atoms with Crippen LogP contribution in [-0.2, 0) is 67.2 Å². The number of para-hydroxylation sites is 1. The van der Waals surface area contributed by atoms with Crippen molar-refractivity contribution in [2.24, 2.45) is 38.7 Å². The number of aliphatic imine (C=N–C) groups is 2. The molecule has 9 amide bonds. The van der Waals surface area contributed by atoms with Gasteiger partial charge in [-0.1, -0.05) is 102 Å². The maximum absolute atomic E-state index is 15.1. The van der Waals surface area contributed by atoms with Gasteiger partial charge in [0.05, 0.1) is 12.9 Å². The molecule has 3 aromatic carbocycles. The van der Waals surface area contributed by atoms with Gasteiger partial charge in [0.1, 0.15) is 42.3 Å². The number of rotatable bonds is 18. The molecule has 3 heterocycles. The number of nitrogens with zero attached hydrogens (tertiary/aromatic N) is 3. The zero-order chi connectivity index (χ0) is 67.3. The van der Waals surface area contributed by atoms with Gasteiger partial charge in [0.2, 0.25) is 53.2 Å². The number of carboxylic acids is 1. The molecule has 498 valence electrons. The lowest BCUT2D eigenvalue weighted by atomic mass is 9.99. The van der Waals surface area contributed by atoms with E-state index < -0.39 is 114 Å². The SMILES string of the molecule is CCCCC1NC(=O)CCSSCC(C(N)=O)NC(=O)CNC(=O)C(Cc2c[nH]c3ccccc23)NC(=O)C(CCCN=C(N)N)NC(=O)C(Cc2ccc3ccccc3c2)NC(=O)C(Cc2cnc[nH]2)NC(=O)C(CCCN=C(N)N)NC1=O.O=C(O)C(F)(F)F. The molecule has 6 rings (SSSR count). The molecule has 1 saturated heterocycles. The van der Waals surface area contributed by atoms with Crippen molar-refractivity contribution in [1.82, 2.24) is 57.5 Å². The first-order chi connectivity index (χ1) is 43.8. The molecule has 0 spiro atoms. The average molecular weight is 1320 g/mol. The number of hydrogen-bond acceptors (Lipinski definition) is 15. The minimum atomic E-state index is -5.08. The molecule has 5 aromatic rings. The number of nitrogens with two attached hydrogens (primary N) is 5. The molecule has 34 heteroatoms. The van der Waals surface area contributed by atoms with Crippen molar-refractivity contribution in [3.8, 4) is 0 Å². The number of aliphatic carboxylic acids is 1. The fraction of sp³-hybridized carbons (Fsp3) is 0.431. The first-order valence-corrected chi connectivity index (χ1v) is 31.6. The Hall–Kier alpha value is -9.60. The number of aromatic nitrogens is 3. The largest absolute Gasteiger partial charge is 0.490 e. The van der Waals surface area contributed by atoms with Crippen molar-refractivity contribution in [2.75, 3.05) is 31.1 Å². The fourth-order valence-electron chi connectivity index (χ4n) is 9.26. The second-order valence-corrected chi connectivity index (χ2v) is 23.7. The topological polar surface area (TPSA) is 486 Å². The third-order valence-electron chi connectivity index (χ3n) is 14.0. The maximum Gasteiger partial charge on any atom is 0.490 e. The van der Waals surface area contributed by atoms with Gasteiger partial charge in [-0.05, 0) is 60.1 Å². The normalized spacial score (nSPS) is 20.7. The number of alkyl halides is 3. The molecule has 0 saturated carbocycles. The van der Waals surface area contributed by atoms with Crippen LogP contribution in [0.25, 0.3) is 21.7 Å². The summed E-state index contributed by atoms with van der Waals surface area (Å²) in [6.07, 6.45) is 0.612. The van der Waals surface area contributed by atoms with Gasteiger partial charge in [-0.3, -0.25) is 53.1 Å². The third kappa shape index (κ3) is 25.0. The van der Waals surface area contributed by atoms with Crippen LogP contribution in [0.5, 0.6) is 0 Å². The predicted octanol–water partition coefficient (Wildman–Crippen LogP) is -0.217. The van der Waals surface area contributed by atoms with E-state index in [0.29, 0.717) is 29.7 Å². The zero-order valence-electron chi connectivity index (χ0n) is 50.1. The van der Waals surface area contributed by atoms with Crippen LogP contribution in [0.2, 0.25) is 0 Å². The Morgan fingerprint density at radius 2 is 1.15 bits per heavy atom. The van der Waals surface area contributed by atoms with Crippen LogP contribution in [0.3, 0.4) is 0 Å². The second kappa shape index (κ2) is 36.9. The van der Waals surface area contributed by atoms with Gasteiger partial charge in [-0.15, -0.1) is 0 Å². The van der Waals surface area contributed by atoms with E-state index in [-0.39, 0.29) is 94.3 Å². The molecule has 1 fully saturated rings. The Balaban J connectivity index is 0.00000207. The number of nitrogens with one attached hydrogen (secondary N) is 10. The Kier molecular flexibility index (Phi) is 29.3. The molecule has 0 bridgehead atoms. The number of guanidine groups is 2. The minimum Gasteiger partial charge on any atom is -0.475 e. The number of benzene rings is 3. The quantitative estimate of drug-likeness (QED) is 0.0233. The molecule has 92 heavy (non-hydrogen) atoms. The van der Waals surface area contributed by atoms with E-state index in [0.717, 1.165) is 32.5 Å². The second-order valence-electron chi connectivity index (χ2n) is 21.1. The van der Waals surface area contributed by atoms with Crippen LogP contribution in [0, 0.1) is 0 Å². The van der Waals surface area contributed by atoms with Crippen molar-refractivity contribution in [3.63, 3.8) is 0 Å². The van der Waals surface area contributed by atoms with Gasteiger partial charge in [0.25, 0.3) is 0 Å². The highest BCUT2D eigenvalue weighted by Gasteiger charge is 2.39. The van der Waals surface area contributed by atoms with Crippen molar-refractivity contribution < 1.29 is 66.2 Å². The van der Waals surface area contributed by atoms with E-state index in [1.54, 1.807) is 18.3 Å². The summed E-state index contributed by atoms with van der Waals surface area (Å²) in [6.45, 7) is 1.39. The van der Waals surface area contributed by atoms with Crippen molar-refractivity contribution in [3.05, 3.63) is 102 Å². The summed E-state index contributed by atoms with van der Waals surface area (Å²) in [5.74, 6) is -9.83. The third-order valence-corrected chi connectivity index (χ3v) is 16.4. The molecule has 2 aromatic heterocycles. The number of unbranched alkanes of at least 4 members (excludes halogenated alkanes) is 1. The number of halogens is 3. The summed E-state index contributed by atoms with van der Waals surface area (Å²) in [7, 11) is 2.37. The smallest absolute Gasteiger partial charge is 0.475 e. The average Bonchev–Trinajstić information content (AvgIpc) is 1.92. The Labute approximate surface area is 533 Å². The summed E-state index contributed by atoms with van der Waals surface area (Å²) < 4.78 is 31.7. The lowest BCUT2D eigenvalue weighted by Gasteiger charge is -2.28. The number of carbonyl (C=O) groups is 10. The molecule has 29 nitrogen and oxygen atoms in total. The zero-order valence-corrected chi connectivity index (χ0v) is 51.8. The van der Waals surface area contributed by atoms with E-state index in [2.05, 4.69) is 67.5 Å². The Morgan fingerprint density at radius 3 is 1.72 bits per heavy atom. The standard InChI is InChI=1S/C56H76N18O9S2.C2HF3O2/c1-2-3-13-39-50(79)70-40(15-8-20-63-55(58)59)52(81)74-44(26-36-28-62-31-67-36)54(83)72-42(24-32-17-18-33-10-4-5-11-34(33)23-32)53(82)71-41(16-9-21-64-56(60)61)51(80)73-43(25-35-27-65-38-14-7-6-12-37(35)38)49(78)66-29-47(76)69-45(48(57)77)30-85-84-22-19-46(75)68-39;3-2(4,5)1(6)7/h4-7,10-12,14,17-18,23,27-28,31,39-45,65H,2-3,8-9,13,15-16,19-22,24-26,29-30H2,1H3,(H2,57,77)(H,62,67)(H,66,78)(H,68,75)(H,69,76)(H,70,79)(H,71,82)(H,72,83)(H,73,80)(H,74,81)(H4,58,59,63)(H4,60,61,64);(H,6,7). The van der Waals surface area contributed by atoms with Gasteiger partial charge in [-0.2, -0.15) is 13.2 Å². The molecule has 0 radical (unpaired) electrons. The van der Waals surface area contributed by atoms with Crippen molar-refractivity contribution >= 4 is 114 Å². The van der Waals surface area contributed by atoms with E-state index in [1.165, 1.54) is 23.3 Å². The first-order valence-electron chi connectivity index (χ1n) is 29.1. The molecule has 21 N–H and O–H groups in total. The lowest BCUT2D eigenvalue weighted by Crippen LogP contribution is -2.60. The lowest BCUT2D eigenvalue weighted by molar-refractivity contribution is -0.192. The summed E-state index contributed by atoms with van der Waals surface area (Å²) in [6, 6.07) is 11.1. The highest BCUT2D eigenvalue weighted by molar-refractivity contribution is 8.76. The monoisotopic (exact) mass is 1320 g/mol. The first kappa shape index (κ1) is 73.1. The van der Waals surface area contributed by atoms with Gasteiger partial charge in [-0.25, -0.2) is 9.78 Å². The van der Waals surface area contributed by atoms with Crippen LogP contribution < -0.4 is 71.2 Å². The van der Waals surface area contributed by atoms with Gasteiger partial charge in [0.15, 0.2) is 11.9 Å². The van der Waals surface area contributed by atoms with Gasteiger partial charge < -0.3 is 86.3 Å². The van der Waals surface area contributed by atoms with E-state index in [1.807, 2.05) is 61.5 Å². The van der Waals surface area contributed by atoms with Crippen LogP contribution in [-0.4, -0.2) is 171 Å². The summed E-state index contributed by atoms with van der Waals surface area (Å²) in [4.78, 5) is 155. The highest BCUT2D eigenvalue weighted by atomic mass is 33.1. The number of primary amides is 1. The van der Waals surface area contributed by atoms with E-state index >= 15 is 4.79 Å². The van der Waals surface area contributed by atoms with Gasteiger partial charge >= 0.3 is 12.1 Å². The number of amides is 9. The minimum absolute atomic E-state index is 0.0159. The maximum atomic E-state index is 15.1. The van der Waals surface area contributed by atoms with Crippen LogP contribution >= 0.6 is 21.6 Å². The van der Waals surface area contributed by atoms with Crippen molar-refractivity contribution in [1.29, 1.82) is 0 Å². The van der Waals surface area contributed by atoms with Gasteiger partial charge in [0, 0.05) is 79.3 Å². The number of imidazole rings is 1. The molecular weight excluding hydrogens is 1250 g/mol. The highest BCUT2D eigenvalue weighted by Crippen LogP contribution is 2.24. The molecule has 7 atom stereocenters. The molecule has 1 aliphatic rings. The Morgan fingerprint density at radius 1 is 0.620 bits per heavy atom. The molecule has 0 aliphatic carbocycles. The van der Waals surface area contributed by atoms with Crippen LogP contribution in [0.15, 0.2) is 95.4 Å².